The van der Waals surface area contributed by atoms with Crippen molar-refractivity contribution in [1.82, 2.24) is 10.2 Å². The van der Waals surface area contributed by atoms with Gasteiger partial charge in [0.2, 0.25) is 17.7 Å². The molecular formula is C20H24BrN3O3S. The molecule has 8 heteroatoms. The quantitative estimate of drug-likeness (QED) is 0.653. The zero-order valence-corrected chi connectivity index (χ0v) is 18.5. The van der Waals surface area contributed by atoms with Gasteiger partial charge in [0.25, 0.3) is 0 Å². The Hall–Kier alpha value is -1.38. The molecule has 5 atom stereocenters. The second kappa shape index (κ2) is 7.15. The third-order valence-electron chi connectivity index (χ3n) is 6.38. The van der Waals surface area contributed by atoms with Gasteiger partial charge >= 0.3 is 0 Å². The number of amides is 3. The highest BCUT2D eigenvalue weighted by Gasteiger charge is 2.70. The average Bonchev–Trinajstić information content (AvgIpc) is 3.25. The highest BCUT2D eigenvalue weighted by Crippen LogP contribution is 2.54. The van der Waals surface area contributed by atoms with Crippen LogP contribution in [0.4, 0.5) is 5.69 Å². The number of fused-ring (bicyclic) bond motifs is 4. The molecule has 3 heterocycles. The number of nitrogens with zero attached hydrogens (tertiary/aromatic N) is 1. The third-order valence-corrected chi connectivity index (χ3v) is 7.51. The van der Waals surface area contributed by atoms with Crippen LogP contribution in [0.5, 0.6) is 0 Å². The number of anilines is 1. The molecular weight excluding hydrogens is 442 g/mol. The summed E-state index contributed by atoms with van der Waals surface area (Å²) in [4.78, 5) is 41.5. The Bertz CT molecular complexity index is 863. The van der Waals surface area contributed by atoms with Gasteiger partial charge in [0.15, 0.2) is 0 Å². The lowest BCUT2D eigenvalue weighted by molar-refractivity contribution is -0.145. The van der Waals surface area contributed by atoms with E-state index in [-0.39, 0.29) is 29.8 Å². The molecule has 150 valence electrons. The summed E-state index contributed by atoms with van der Waals surface area (Å²) in [6, 6.07) is 5.21. The van der Waals surface area contributed by atoms with E-state index in [1.807, 2.05) is 38.3 Å². The molecule has 1 aromatic rings. The highest BCUT2D eigenvalue weighted by molar-refractivity contribution is 9.10. The first-order chi connectivity index (χ1) is 13.4. The van der Waals surface area contributed by atoms with Gasteiger partial charge in [-0.3, -0.25) is 24.6 Å². The largest absolute Gasteiger partial charge is 0.324 e. The number of rotatable bonds is 5. The van der Waals surface area contributed by atoms with Crippen molar-refractivity contribution in [1.29, 1.82) is 0 Å². The van der Waals surface area contributed by atoms with Gasteiger partial charge in [0.05, 0.1) is 11.8 Å². The van der Waals surface area contributed by atoms with Crippen molar-refractivity contribution in [3.05, 3.63) is 28.2 Å². The number of likely N-dealkylation sites (tertiary alicyclic amines) is 1. The normalized spacial score (nSPS) is 32.1. The van der Waals surface area contributed by atoms with Gasteiger partial charge in [-0.2, -0.15) is 11.8 Å². The van der Waals surface area contributed by atoms with E-state index >= 15 is 0 Å². The Morgan fingerprint density at radius 3 is 2.71 bits per heavy atom. The van der Waals surface area contributed by atoms with Crippen LogP contribution in [0.25, 0.3) is 0 Å². The standard InChI is InChI=1S/C20H24BrN3O3S/c1-4-10(2)24-17(25)15-14(7-8-28-3)23-20(16(15)18(24)26)12-9-11(21)5-6-13(12)22-19(20)27/h5-6,9-10,14-16,23H,4,7-8H2,1-3H3,(H,22,27)/t10-,14-,15+,16-,20-/m0/s1. The van der Waals surface area contributed by atoms with Crippen molar-refractivity contribution in [2.45, 2.75) is 44.3 Å². The van der Waals surface area contributed by atoms with Crippen LogP contribution in [0.15, 0.2) is 22.7 Å². The number of halogens is 1. The first-order valence-corrected chi connectivity index (χ1v) is 11.8. The Balaban J connectivity index is 1.86. The van der Waals surface area contributed by atoms with Gasteiger partial charge in [-0.15, -0.1) is 0 Å². The van der Waals surface area contributed by atoms with Crippen molar-refractivity contribution >= 4 is 51.1 Å². The Morgan fingerprint density at radius 2 is 2.04 bits per heavy atom. The second-order valence-corrected chi connectivity index (χ2v) is 9.69. The highest BCUT2D eigenvalue weighted by atomic mass is 79.9. The van der Waals surface area contributed by atoms with Crippen molar-refractivity contribution < 1.29 is 14.4 Å². The summed E-state index contributed by atoms with van der Waals surface area (Å²) in [5, 5.41) is 6.39. The fourth-order valence-electron chi connectivity index (χ4n) is 4.91. The number of nitrogens with one attached hydrogen (secondary N) is 2. The summed E-state index contributed by atoms with van der Waals surface area (Å²) in [6.45, 7) is 3.86. The number of carbonyl (C=O) groups is 3. The first-order valence-electron chi connectivity index (χ1n) is 9.61. The molecule has 0 aromatic heterocycles. The summed E-state index contributed by atoms with van der Waals surface area (Å²) in [5.74, 6) is -0.980. The zero-order chi connectivity index (χ0) is 20.2. The lowest BCUT2D eigenvalue weighted by Gasteiger charge is -2.31. The monoisotopic (exact) mass is 465 g/mol. The van der Waals surface area contributed by atoms with Crippen molar-refractivity contribution in [3.8, 4) is 0 Å². The number of carbonyl (C=O) groups excluding carboxylic acids is 3. The van der Waals surface area contributed by atoms with Gasteiger partial charge in [-0.1, -0.05) is 22.9 Å². The minimum Gasteiger partial charge on any atom is -0.324 e. The van der Waals surface area contributed by atoms with E-state index < -0.39 is 17.4 Å². The summed E-state index contributed by atoms with van der Waals surface area (Å²) in [6.07, 6.45) is 3.44. The Labute approximate surface area is 177 Å². The third kappa shape index (κ3) is 2.60. The van der Waals surface area contributed by atoms with Crippen LogP contribution >= 0.6 is 27.7 Å². The maximum Gasteiger partial charge on any atom is 0.250 e. The topological polar surface area (TPSA) is 78.5 Å². The minimum atomic E-state index is -1.19. The van der Waals surface area contributed by atoms with Crippen molar-refractivity contribution in [3.63, 3.8) is 0 Å². The molecule has 1 spiro atoms. The molecule has 0 aliphatic carbocycles. The number of hydrogen-bond donors (Lipinski definition) is 2. The van der Waals surface area contributed by atoms with Crippen LogP contribution in [-0.4, -0.2) is 46.7 Å². The fourth-order valence-corrected chi connectivity index (χ4v) is 5.76. The molecule has 3 aliphatic heterocycles. The molecule has 2 fully saturated rings. The molecule has 28 heavy (non-hydrogen) atoms. The van der Waals surface area contributed by atoms with Crippen LogP contribution in [0.3, 0.4) is 0 Å². The smallest absolute Gasteiger partial charge is 0.250 e. The lowest BCUT2D eigenvalue weighted by atomic mass is 9.76. The average molecular weight is 466 g/mol. The fraction of sp³-hybridized carbons (Fsp3) is 0.550. The van der Waals surface area contributed by atoms with Crippen molar-refractivity contribution in [2.75, 3.05) is 17.3 Å². The molecule has 0 bridgehead atoms. The van der Waals surface area contributed by atoms with E-state index in [1.54, 1.807) is 11.8 Å². The van der Waals surface area contributed by atoms with Gasteiger partial charge in [-0.25, -0.2) is 0 Å². The molecule has 2 saturated heterocycles. The van der Waals surface area contributed by atoms with E-state index in [0.717, 1.165) is 22.2 Å². The SMILES string of the molecule is CC[C@H](C)N1C(=O)[C@@H]2[C@H](CCSC)N[C@]3(C(=O)Nc4ccc(Br)cc43)[C@@H]2C1=O. The van der Waals surface area contributed by atoms with E-state index in [9.17, 15) is 14.4 Å². The molecule has 0 saturated carbocycles. The minimum absolute atomic E-state index is 0.143. The summed E-state index contributed by atoms with van der Waals surface area (Å²) < 4.78 is 0.837. The molecule has 3 amide bonds. The van der Waals surface area contributed by atoms with E-state index in [4.69, 9.17) is 0 Å². The van der Waals surface area contributed by atoms with Crippen molar-refractivity contribution in [2.24, 2.45) is 11.8 Å². The van der Waals surface area contributed by atoms with Gasteiger partial charge in [0.1, 0.15) is 5.54 Å². The predicted octanol–water partition coefficient (Wildman–Crippen LogP) is 2.72. The molecule has 0 radical (unpaired) electrons. The Kier molecular flexibility index (Phi) is 5.08. The number of hydrogen-bond acceptors (Lipinski definition) is 5. The van der Waals surface area contributed by atoms with Crippen LogP contribution in [0.1, 0.15) is 32.3 Å². The van der Waals surface area contributed by atoms with E-state index in [0.29, 0.717) is 12.1 Å². The van der Waals surface area contributed by atoms with Gasteiger partial charge < -0.3 is 5.32 Å². The van der Waals surface area contributed by atoms with Crippen LogP contribution in [0.2, 0.25) is 0 Å². The van der Waals surface area contributed by atoms with Gasteiger partial charge in [0, 0.05) is 27.8 Å². The molecule has 1 aromatic carbocycles. The predicted molar refractivity (Wildman–Crippen MR) is 113 cm³/mol. The number of thioether (sulfide) groups is 1. The molecule has 0 unspecified atom stereocenters. The van der Waals surface area contributed by atoms with E-state index in [2.05, 4.69) is 26.6 Å². The van der Waals surface area contributed by atoms with Crippen LogP contribution < -0.4 is 10.6 Å². The second-order valence-electron chi connectivity index (χ2n) is 7.79. The molecule has 2 N–H and O–H groups in total. The van der Waals surface area contributed by atoms with Crippen LogP contribution in [0, 0.1) is 11.8 Å². The first kappa shape index (κ1) is 19.9. The molecule has 3 aliphatic rings. The maximum atomic E-state index is 13.5. The van der Waals surface area contributed by atoms with Gasteiger partial charge in [-0.05, 0) is 50.0 Å². The number of imide groups is 1. The summed E-state index contributed by atoms with van der Waals surface area (Å²) >= 11 is 5.18. The number of benzene rings is 1. The maximum absolute atomic E-state index is 13.5. The van der Waals surface area contributed by atoms with E-state index in [1.165, 1.54) is 4.90 Å². The summed E-state index contributed by atoms with van der Waals surface area (Å²) in [7, 11) is 0. The zero-order valence-electron chi connectivity index (χ0n) is 16.1. The molecule has 6 nitrogen and oxygen atoms in total. The lowest BCUT2D eigenvalue weighted by Crippen LogP contribution is -2.54. The molecule has 4 rings (SSSR count). The Morgan fingerprint density at radius 1 is 1.29 bits per heavy atom. The summed E-state index contributed by atoms with van der Waals surface area (Å²) in [5.41, 5.74) is 0.259. The van der Waals surface area contributed by atoms with Crippen LogP contribution in [-0.2, 0) is 19.9 Å².